The third-order valence-electron chi connectivity index (χ3n) is 6.10. The maximum absolute atomic E-state index is 15.1. The number of anilines is 2. The van der Waals surface area contributed by atoms with Crippen molar-refractivity contribution in [2.24, 2.45) is 0 Å². The highest BCUT2D eigenvalue weighted by Crippen LogP contribution is 2.32. The van der Waals surface area contributed by atoms with Crippen LogP contribution in [0.1, 0.15) is 51.1 Å². The first-order chi connectivity index (χ1) is 18.3. The molecule has 8 nitrogen and oxygen atoms in total. The number of ether oxygens (including phenoxy) is 1. The molecule has 3 N–H and O–H groups in total. The van der Waals surface area contributed by atoms with Crippen LogP contribution in [0.3, 0.4) is 0 Å². The quantitative estimate of drug-likeness (QED) is 0.230. The lowest BCUT2D eigenvalue weighted by atomic mass is 10.0. The molecule has 1 aliphatic heterocycles. The lowest BCUT2D eigenvalue weighted by Crippen LogP contribution is -2.35. The number of nitrogens with zero attached hydrogens (tertiary/aromatic N) is 2. The maximum atomic E-state index is 15.1. The largest absolute Gasteiger partial charge is 0.495 e. The van der Waals surface area contributed by atoms with Crippen LogP contribution in [0, 0.1) is 23.6 Å². The highest BCUT2D eigenvalue weighted by molar-refractivity contribution is 6.30. The van der Waals surface area contributed by atoms with Crippen molar-refractivity contribution in [2.45, 2.75) is 19.3 Å². The van der Waals surface area contributed by atoms with Crippen LogP contribution < -0.4 is 15.4 Å². The number of hydrogen-bond acceptors (Lipinski definition) is 5. The van der Waals surface area contributed by atoms with Crippen molar-refractivity contribution in [3.05, 3.63) is 81.8 Å². The molecule has 38 heavy (non-hydrogen) atoms. The molecule has 0 atom stereocenters. The number of nitrogens with one attached hydrogen (secondary N) is 3. The number of likely N-dealkylation sites (tertiary alicyclic amines) is 1. The second kappa shape index (κ2) is 11.8. The van der Waals surface area contributed by atoms with Gasteiger partial charge in [0.15, 0.2) is 0 Å². The number of aromatic nitrogens is 1. The van der Waals surface area contributed by atoms with Gasteiger partial charge in [0.2, 0.25) is 0 Å². The van der Waals surface area contributed by atoms with E-state index in [1.165, 1.54) is 49.7 Å². The van der Waals surface area contributed by atoms with Gasteiger partial charge in [-0.25, -0.2) is 9.37 Å². The van der Waals surface area contributed by atoms with E-state index in [9.17, 15) is 9.59 Å². The molecular weight excluding hydrogens is 509 g/mol. The van der Waals surface area contributed by atoms with E-state index in [2.05, 4.69) is 21.5 Å². The zero-order valence-electron chi connectivity index (χ0n) is 20.6. The second-order valence-electron chi connectivity index (χ2n) is 8.61. The number of halogens is 2. The molecule has 3 aromatic rings. The Labute approximate surface area is 224 Å². The number of rotatable bonds is 6. The molecule has 1 aromatic heterocycles. The Morgan fingerprint density at radius 3 is 2.45 bits per heavy atom. The standard InChI is InChI=1S/C28H25ClFN5O3/c1-3-17-13-21(28(37)33-24-10-8-19(29)16-32-24)25(23(14-17)38-2)34-27(36)20-9-7-18(15-22(20)30)26(31)35-11-5-4-6-12-35/h1,7-10,13-16,31H,4-6,11-12H2,2H3,(H,34,36)(H,32,33,37). The van der Waals surface area contributed by atoms with Gasteiger partial charge in [-0.1, -0.05) is 23.6 Å². The molecule has 0 saturated carbocycles. The minimum absolute atomic E-state index is 0.00694. The predicted octanol–water partition coefficient (Wildman–Crippen LogP) is 5.18. The average molecular weight is 534 g/mol. The van der Waals surface area contributed by atoms with Crippen molar-refractivity contribution in [2.75, 3.05) is 30.8 Å². The average Bonchev–Trinajstić information content (AvgIpc) is 2.94. The van der Waals surface area contributed by atoms with Crippen LogP contribution in [0.25, 0.3) is 0 Å². The number of amides is 2. The summed E-state index contributed by atoms with van der Waals surface area (Å²) in [6, 6.07) is 9.98. The van der Waals surface area contributed by atoms with Crippen LogP contribution in [0.5, 0.6) is 5.75 Å². The minimum Gasteiger partial charge on any atom is -0.495 e. The van der Waals surface area contributed by atoms with E-state index >= 15 is 4.39 Å². The summed E-state index contributed by atoms with van der Waals surface area (Å²) in [7, 11) is 1.36. The molecule has 2 aromatic carbocycles. The SMILES string of the molecule is C#Cc1cc(OC)c(NC(=O)c2ccc(C(=N)N3CCCCC3)cc2F)c(C(=O)Nc2ccc(Cl)cn2)c1. The predicted molar refractivity (Wildman–Crippen MR) is 145 cm³/mol. The van der Waals surface area contributed by atoms with Gasteiger partial charge in [0, 0.05) is 30.4 Å². The molecule has 1 fully saturated rings. The molecule has 1 saturated heterocycles. The van der Waals surface area contributed by atoms with E-state index in [-0.39, 0.29) is 34.2 Å². The highest BCUT2D eigenvalue weighted by atomic mass is 35.5. The third kappa shape index (κ3) is 5.93. The number of amidine groups is 1. The molecule has 1 aliphatic rings. The van der Waals surface area contributed by atoms with Crippen LogP contribution in [0.4, 0.5) is 15.9 Å². The molecule has 2 amide bonds. The van der Waals surface area contributed by atoms with Crippen molar-refractivity contribution in [1.29, 1.82) is 5.41 Å². The van der Waals surface area contributed by atoms with Gasteiger partial charge in [0.1, 0.15) is 23.2 Å². The zero-order chi connectivity index (χ0) is 27.2. The number of methoxy groups -OCH3 is 1. The van der Waals surface area contributed by atoms with Gasteiger partial charge in [-0.3, -0.25) is 15.0 Å². The number of hydrogen-bond donors (Lipinski definition) is 3. The summed E-state index contributed by atoms with van der Waals surface area (Å²) >= 11 is 5.86. The van der Waals surface area contributed by atoms with Crippen LogP contribution in [0.15, 0.2) is 48.7 Å². The van der Waals surface area contributed by atoms with E-state index in [0.29, 0.717) is 16.1 Å². The van der Waals surface area contributed by atoms with Crippen LogP contribution in [-0.2, 0) is 0 Å². The Kier molecular flexibility index (Phi) is 8.24. The normalized spacial score (nSPS) is 12.8. The highest BCUT2D eigenvalue weighted by Gasteiger charge is 2.23. The Balaban J connectivity index is 1.62. The van der Waals surface area contributed by atoms with Gasteiger partial charge >= 0.3 is 0 Å². The fourth-order valence-corrected chi connectivity index (χ4v) is 4.24. The topological polar surface area (TPSA) is 107 Å². The maximum Gasteiger partial charge on any atom is 0.259 e. The first kappa shape index (κ1) is 26.6. The van der Waals surface area contributed by atoms with Crippen molar-refractivity contribution < 1.29 is 18.7 Å². The minimum atomic E-state index is -0.802. The summed E-state index contributed by atoms with van der Waals surface area (Å²) in [5.41, 5.74) is 0.459. The van der Waals surface area contributed by atoms with Gasteiger partial charge in [0.05, 0.1) is 28.9 Å². The molecule has 0 aliphatic carbocycles. The molecule has 0 bridgehead atoms. The Bertz CT molecular complexity index is 1430. The Morgan fingerprint density at radius 2 is 1.82 bits per heavy atom. The van der Waals surface area contributed by atoms with E-state index < -0.39 is 17.6 Å². The molecule has 0 radical (unpaired) electrons. The zero-order valence-corrected chi connectivity index (χ0v) is 21.4. The summed E-state index contributed by atoms with van der Waals surface area (Å²) in [4.78, 5) is 32.2. The molecule has 2 heterocycles. The number of pyridine rings is 1. The van der Waals surface area contributed by atoms with Crippen molar-refractivity contribution in [1.82, 2.24) is 9.88 Å². The Morgan fingerprint density at radius 1 is 1.08 bits per heavy atom. The van der Waals surface area contributed by atoms with Crippen LogP contribution >= 0.6 is 11.6 Å². The van der Waals surface area contributed by atoms with Crippen molar-refractivity contribution in [3.8, 4) is 18.1 Å². The summed E-state index contributed by atoms with van der Waals surface area (Å²) < 4.78 is 20.5. The summed E-state index contributed by atoms with van der Waals surface area (Å²) in [6.07, 6.45) is 9.99. The van der Waals surface area contributed by atoms with Gasteiger partial charge < -0.3 is 20.3 Å². The number of carbonyl (C=O) groups is 2. The lowest BCUT2D eigenvalue weighted by Gasteiger charge is -2.29. The fraction of sp³-hybridized carbons (Fsp3) is 0.214. The van der Waals surface area contributed by atoms with Crippen LogP contribution in [0.2, 0.25) is 5.02 Å². The summed E-state index contributed by atoms with van der Waals surface area (Å²) in [6.45, 7) is 1.49. The fourth-order valence-electron chi connectivity index (χ4n) is 4.13. The van der Waals surface area contributed by atoms with Crippen molar-refractivity contribution >= 4 is 40.8 Å². The first-order valence-electron chi connectivity index (χ1n) is 11.9. The smallest absolute Gasteiger partial charge is 0.259 e. The van der Waals surface area contributed by atoms with E-state index in [4.69, 9.17) is 28.2 Å². The monoisotopic (exact) mass is 533 g/mol. The molecule has 4 rings (SSSR count). The molecule has 10 heteroatoms. The molecule has 0 unspecified atom stereocenters. The van der Waals surface area contributed by atoms with Crippen molar-refractivity contribution in [3.63, 3.8) is 0 Å². The Hall–Kier alpha value is -4.42. The van der Waals surface area contributed by atoms with Gasteiger partial charge in [-0.2, -0.15) is 0 Å². The molecular formula is C28H25ClFN5O3. The second-order valence-corrected chi connectivity index (χ2v) is 9.04. The number of benzene rings is 2. The number of carbonyl (C=O) groups excluding carboxylic acids is 2. The molecule has 194 valence electrons. The third-order valence-corrected chi connectivity index (χ3v) is 6.32. The van der Waals surface area contributed by atoms with Gasteiger partial charge in [-0.15, -0.1) is 6.42 Å². The number of terminal acetylenes is 1. The summed E-state index contributed by atoms with van der Waals surface area (Å²) in [5.74, 6) is 0.778. The first-order valence-corrected chi connectivity index (χ1v) is 12.2. The van der Waals surface area contributed by atoms with Gasteiger partial charge in [0.25, 0.3) is 11.8 Å². The van der Waals surface area contributed by atoms with E-state index in [0.717, 1.165) is 32.4 Å². The molecule has 0 spiro atoms. The van der Waals surface area contributed by atoms with E-state index in [1.807, 2.05) is 4.90 Å². The summed E-state index contributed by atoms with van der Waals surface area (Å²) in [5, 5.41) is 14.0. The lowest BCUT2D eigenvalue weighted by molar-refractivity contribution is 0.102. The van der Waals surface area contributed by atoms with E-state index in [1.54, 1.807) is 6.07 Å². The van der Waals surface area contributed by atoms with Crippen LogP contribution in [-0.4, -0.2) is 47.7 Å². The number of piperidine rings is 1. The van der Waals surface area contributed by atoms with Gasteiger partial charge in [-0.05, 0) is 55.7 Å².